The van der Waals surface area contributed by atoms with E-state index in [9.17, 15) is 5.11 Å². The zero-order valence-corrected chi connectivity index (χ0v) is 22.6. The minimum Gasteiger partial charge on any atom is -0.497 e. The van der Waals surface area contributed by atoms with Gasteiger partial charge in [0.25, 0.3) is 0 Å². The minimum absolute atomic E-state index is 0.155. The van der Waals surface area contributed by atoms with Gasteiger partial charge in [-0.25, -0.2) is 0 Å². The van der Waals surface area contributed by atoms with Crippen LogP contribution in [0.5, 0.6) is 11.5 Å². The predicted octanol–water partition coefficient (Wildman–Crippen LogP) is 6.51. The van der Waals surface area contributed by atoms with Gasteiger partial charge >= 0.3 is 0 Å². The first-order chi connectivity index (χ1) is 16.1. The van der Waals surface area contributed by atoms with Gasteiger partial charge in [0.2, 0.25) is 0 Å². The highest BCUT2D eigenvalue weighted by Gasteiger charge is 2.18. The normalized spacial score (nSPS) is 14.7. The number of hydrogen-bond donors (Lipinski definition) is 1. The smallest absolute Gasteiger partial charge is 0.118 e. The average Bonchev–Trinajstić information content (AvgIpc) is 2.85. The lowest BCUT2D eigenvalue weighted by Crippen LogP contribution is -2.30. The Morgan fingerprint density at radius 2 is 0.971 bits per heavy atom. The van der Waals surface area contributed by atoms with Crippen LogP contribution in [-0.2, 0) is 22.7 Å². The van der Waals surface area contributed by atoms with Crippen LogP contribution in [0.3, 0.4) is 0 Å². The van der Waals surface area contributed by atoms with E-state index in [-0.39, 0.29) is 18.1 Å². The third-order valence-corrected chi connectivity index (χ3v) is 6.30. The van der Waals surface area contributed by atoms with E-state index in [1.165, 1.54) is 5.56 Å². The Morgan fingerprint density at radius 1 is 0.588 bits per heavy atom. The van der Waals surface area contributed by atoms with Crippen molar-refractivity contribution < 1.29 is 24.1 Å². The summed E-state index contributed by atoms with van der Waals surface area (Å²) in [7, 11) is 3.32. The number of methoxy groups -OCH3 is 2. The molecule has 4 atom stereocenters. The van der Waals surface area contributed by atoms with E-state index in [2.05, 4.69) is 27.7 Å². The van der Waals surface area contributed by atoms with Crippen LogP contribution in [0.4, 0.5) is 0 Å². The molecule has 34 heavy (non-hydrogen) atoms. The molecular weight excluding hydrogens is 428 g/mol. The Labute approximate surface area is 207 Å². The molecular formula is C29H46O5. The Morgan fingerprint density at radius 3 is 1.29 bits per heavy atom. The van der Waals surface area contributed by atoms with Crippen molar-refractivity contribution in [3.8, 4) is 11.5 Å². The molecule has 0 aliphatic heterocycles. The summed E-state index contributed by atoms with van der Waals surface area (Å²) in [5.74, 6) is 3.16. The van der Waals surface area contributed by atoms with Crippen LogP contribution in [0.2, 0.25) is 0 Å². The van der Waals surface area contributed by atoms with Crippen LogP contribution >= 0.6 is 0 Å². The molecule has 0 saturated heterocycles. The summed E-state index contributed by atoms with van der Waals surface area (Å²) in [4.78, 5) is 0. The van der Waals surface area contributed by atoms with Gasteiger partial charge in [-0.1, -0.05) is 58.9 Å². The number of benzene rings is 2. The molecule has 0 aromatic heterocycles. The van der Waals surface area contributed by atoms with Gasteiger partial charge in [-0.05, 0) is 67.0 Å². The van der Waals surface area contributed by atoms with Crippen molar-refractivity contribution in [1.29, 1.82) is 0 Å². The first-order valence-electron chi connectivity index (χ1n) is 12.3. The molecule has 0 aliphatic rings. The van der Waals surface area contributed by atoms with Crippen molar-refractivity contribution in [1.82, 2.24) is 0 Å². The number of aliphatic hydroxyl groups is 1. The monoisotopic (exact) mass is 474 g/mol. The maximum Gasteiger partial charge on any atom is 0.118 e. The van der Waals surface area contributed by atoms with Crippen LogP contribution in [0.1, 0.15) is 59.6 Å². The van der Waals surface area contributed by atoms with Gasteiger partial charge in [-0.2, -0.15) is 0 Å². The fourth-order valence-corrected chi connectivity index (χ4v) is 3.23. The summed E-state index contributed by atoms with van der Waals surface area (Å²) in [6, 6.07) is 15.8. The maximum atomic E-state index is 9.81. The lowest BCUT2D eigenvalue weighted by molar-refractivity contribution is -0.0533. The number of ether oxygens (including phenoxy) is 4. The highest BCUT2D eigenvalue weighted by Crippen LogP contribution is 2.19. The Hall–Kier alpha value is -2.08. The number of rotatable bonds is 12. The van der Waals surface area contributed by atoms with Crippen LogP contribution in [0.15, 0.2) is 48.5 Å². The first-order valence-corrected chi connectivity index (χ1v) is 12.3. The number of aliphatic hydroxyl groups excluding tert-OH is 1. The van der Waals surface area contributed by atoms with Crippen LogP contribution in [-0.4, -0.2) is 37.6 Å². The van der Waals surface area contributed by atoms with E-state index in [1.807, 2.05) is 69.3 Å². The van der Waals surface area contributed by atoms with E-state index in [0.717, 1.165) is 17.1 Å². The van der Waals surface area contributed by atoms with Crippen LogP contribution in [0.25, 0.3) is 0 Å². The summed E-state index contributed by atoms with van der Waals surface area (Å²) in [6.07, 6.45) is -0.289. The van der Waals surface area contributed by atoms with Crippen molar-refractivity contribution in [3.63, 3.8) is 0 Å². The lowest BCUT2D eigenvalue weighted by Gasteiger charge is -2.23. The molecule has 0 spiro atoms. The Bertz CT molecular complexity index is 703. The zero-order chi connectivity index (χ0) is 25.7. The molecule has 1 N–H and O–H groups in total. The second-order valence-corrected chi connectivity index (χ2v) is 9.57. The molecule has 0 bridgehead atoms. The molecule has 2 aromatic rings. The second-order valence-electron chi connectivity index (χ2n) is 9.57. The third kappa shape index (κ3) is 10.9. The Kier molecular flexibility index (Phi) is 13.9. The van der Waals surface area contributed by atoms with Gasteiger partial charge in [0, 0.05) is 0 Å². The van der Waals surface area contributed by atoms with Crippen molar-refractivity contribution in [2.75, 3.05) is 14.2 Å². The van der Waals surface area contributed by atoms with Crippen LogP contribution in [0, 0.1) is 17.8 Å². The summed E-state index contributed by atoms with van der Waals surface area (Å²) >= 11 is 0. The standard InChI is InChI=1S/C15H24O2.C14H22O3/c1-11(2)12(3)13(4)17-10-14-6-8-15(16-5)9-7-14;1-10(2)14(15)11(3)17-9-12-5-7-13(16-4)8-6-12/h6-9,11-13H,10H2,1-5H3;5-8,10-11,14-15H,9H2,1-4H3/t12-,13+;11-,14+/m10/s1. The fourth-order valence-electron chi connectivity index (χ4n) is 3.23. The number of hydrogen-bond acceptors (Lipinski definition) is 5. The van der Waals surface area contributed by atoms with E-state index in [4.69, 9.17) is 18.9 Å². The second kappa shape index (κ2) is 15.8. The van der Waals surface area contributed by atoms with Crippen LogP contribution < -0.4 is 9.47 Å². The van der Waals surface area contributed by atoms with Gasteiger partial charge in [0.1, 0.15) is 11.5 Å². The molecule has 0 fully saturated rings. The fraction of sp³-hybridized carbons (Fsp3) is 0.586. The molecule has 0 radical (unpaired) electrons. The van der Waals surface area contributed by atoms with E-state index >= 15 is 0 Å². The Balaban J connectivity index is 0.000000340. The molecule has 0 amide bonds. The van der Waals surface area contributed by atoms with Gasteiger partial charge in [0.05, 0.1) is 45.7 Å². The third-order valence-electron chi connectivity index (χ3n) is 6.30. The van der Waals surface area contributed by atoms with Gasteiger partial charge in [0.15, 0.2) is 0 Å². The average molecular weight is 475 g/mol. The summed E-state index contributed by atoms with van der Waals surface area (Å²) in [6.45, 7) is 15.9. The van der Waals surface area contributed by atoms with Gasteiger partial charge in [-0.15, -0.1) is 0 Å². The molecule has 2 aromatic carbocycles. The summed E-state index contributed by atoms with van der Waals surface area (Å²) in [5, 5.41) is 9.81. The summed E-state index contributed by atoms with van der Waals surface area (Å²) in [5.41, 5.74) is 2.27. The lowest BCUT2D eigenvalue weighted by atomic mass is 9.93. The summed E-state index contributed by atoms with van der Waals surface area (Å²) < 4.78 is 21.7. The SMILES string of the molecule is COc1ccc(CO[C@@H](C)[C@H](C)C(C)C)cc1.COc1ccc(CO[C@@H](C)[C@H](O)C(C)C)cc1. The van der Waals surface area contributed by atoms with Crippen molar-refractivity contribution in [2.24, 2.45) is 17.8 Å². The largest absolute Gasteiger partial charge is 0.497 e. The molecule has 5 heteroatoms. The maximum absolute atomic E-state index is 9.81. The van der Waals surface area contributed by atoms with E-state index < -0.39 is 6.10 Å². The first kappa shape index (κ1) is 30.0. The predicted molar refractivity (Wildman–Crippen MR) is 139 cm³/mol. The zero-order valence-electron chi connectivity index (χ0n) is 22.6. The molecule has 192 valence electrons. The molecule has 0 unspecified atom stereocenters. The van der Waals surface area contributed by atoms with E-state index in [0.29, 0.717) is 25.0 Å². The van der Waals surface area contributed by atoms with Crippen molar-refractivity contribution >= 4 is 0 Å². The topological polar surface area (TPSA) is 57.2 Å². The van der Waals surface area contributed by atoms with Crippen molar-refractivity contribution in [2.45, 2.75) is 80.0 Å². The molecule has 0 heterocycles. The molecule has 0 saturated carbocycles. The molecule has 0 aliphatic carbocycles. The van der Waals surface area contributed by atoms with Crippen molar-refractivity contribution in [3.05, 3.63) is 59.7 Å². The molecule has 2 rings (SSSR count). The highest BCUT2D eigenvalue weighted by molar-refractivity contribution is 5.27. The van der Waals surface area contributed by atoms with E-state index in [1.54, 1.807) is 14.2 Å². The van der Waals surface area contributed by atoms with Gasteiger partial charge < -0.3 is 24.1 Å². The van der Waals surface area contributed by atoms with Gasteiger partial charge in [-0.3, -0.25) is 0 Å². The highest BCUT2D eigenvalue weighted by atomic mass is 16.5. The minimum atomic E-state index is -0.423. The molecule has 5 nitrogen and oxygen atoms in total. The quantitative estimate of drug-likeness (QED) is 0.380.